The third-order valence-electron chi connectivity index (χ3n) is 4.15. The fraction of sp³-hybridized carbons (Fsp3) is 0.350. The van der Waals surface area contributed by atoms with Crippen molar-refractivity contribution < 1.29 is 0 Å². The lowest BCUT2D eigenvalue weighted by molar-refractivity contribution is 0.298. The predicted octanol–water partition coefficient (Wildman–Crippen LogP) is 3.83. The van der Waals surface area contributed by atoms with Gasteiger partial charge < -0.3 is 15.5 Å². The quantitative estimate of drug-likeness (QED) is 0.398. The van der Waals surface area contributed by atoms with E-state index in [1.807, 2.05) is 12.1 Å². The smallest absolute Gasteiger partial charge is 0.191 e. The van der Waals surface area contributed by atoms with Gasteiger partial charge in [0.2, 0.25) is 0 Å². The van der Waals surface area contributed by atoms with Gasteiger partial charge in [0.1, 0.15) is 0 Å². The highest BCUT2D eigenvalue weighted by atomic mass is 127. The van der Waals surface area contributed by atoms with E-state index in [1.165, 1.54) is 11.1 Å². The molecule has 2 N–H and O–H groups in total. The van der Waals surface area contributed by atoms with Gasteiger partial charge in [0.15, 0.2) is 5.96 Å². The van der Waals surface area contributed by atoms with Crippen LogP contribution in [0.15, 0.2) is 65.7 Å². The lowest BCUT2D eigenvalue weighted by Crippen LogP contribution is -2.42. The molecule has 0 aromatic heterocycles. The van der Waals surface area contributed by atoms with Gasteiger partial charge in [-0.3, -0.25) is 4.99 Å². The van der Waals surface area contributed by atoms with Crippen LogP contribution in [0.2, 0.25) is 0 Å². The summed E-state index contributed by atoms with van der Waals surface area (Å²) < 4.78 is 0. The lowest BCUT2D eigenvalue weighted by atomic mass is 10.1. The second-order valence-corrected chi connectivity index (χ2v) is 6.12. The molecule has 0 spiro atoms. The Bertz CT molecular complexity index is 629. The van der Waals surface area contributed by atoms with Crippen molar-refractivity contribution in [2.24, 2.45) is 4.99 Å². The van der Waals surface area contributed by atoms with Gasteiger partial charge in [-0.05, 0) is 32.1 Å². The highest BCUT2D eigenvalue weighted by Crippen LogP contribution is 2.17. The number of aliphatic imine (C=N–C) groups is 1. The van der Waals surface area contributed by atoms with Crippen LogP contribution in [0, 0.1) is 0 Å². The molecule has 0 aliphatic rings. The van der Waals surface area contributed by atoms with Crippen molar-refractivity contribution in [3.05, 3.63) is 71.8 Å². The standard InChI is InChI=1S/C20H28N4.HI/c1-16(17-11-7-5-8-12-17)23-20(21-2)22-15-19(24(3)4)18-13-9-6-10-14-18;/h5-14,16,19H,15H2,1-4H3,(H2,21,22,23);1H. The number of nitrogens with zero attached hydrogens (tertiary/aromatic N) is 2. The van der Waals surface area contributed by atoms with Gasteiger partial charge in [-0.2, -0.15) is 0 Å². The SMILES string of the molecule is CN=C(NCC(c1ccccc1)N(C)C)NC(C)c1ccccc1.I. The molecular weight excluding hydrogens is 423 g/mol. The van der Waals surface area contributed by atoms with Crippen molar-refractivity contribution in [1.82, 2.24) is 15.5 Å². The minimum atomic E-state index is 0. The summed E-state index contributed by atoms with van der Waals surface area (Å²) in [5.74, 6) is 0.814. The second-order valence-electron chi connectivity index (χ2n) is 6.12. The topological polar surface area (TPSA) is 39.7 Å². The maximum absolute atomic E-state index is 4.35. The van der Waals surface area contributed by atoms with Crippen molar-refractivity contribution in [3.8, 4) is 0 Å². The average molecular weight is 452 g/mol. The first-order chi connectivity index (χ1) is 11.6. The van der Waals surface area contributed by atoms with E-state index in [0.29, 0.717) is 0 Å². The van der Waals surface area contributed by atoms with Gasteiger partial charge in [-0.25, -0.2) is 0 Å². The number of likely N-dealkylation sites (N-methyl/N-ethyl adjacent to an activating group) is 1. The number of hydrogen-bond donors (Lipinski definition) is 2. The summed E-state index contributed by atoms with van der Waals surface area (Å²) in [5, 5.41) is 6.90. The highest BCUT2D eigenvalue weighted by molar-refractivity contribution is 14.0. The molecule has 0 radical (unpaired) electrons. The molecule has 0 saturated carbocycles. The third-order valence-corrected chi connectivity index (χ3v) is 4.15. The van der Waals surface area contributed by atoms with E-state index in [1.54, 1.807) is 7.05 Å². The number of hydrogen-bond acceptors (Lipinski definition) is 2. The Kier molecular flexibility index (Phi) is 9.52. The number of guanidine groups is 1. The van der Waals surface area contributed by atoms with Crippen molar-refractivity contribution in [2.45, 2.75) is 19.0 Å². The maximum atomic E-state index is 4.35. The Hall–Kier alpha value is -1.60. The molecule has 0 fully saturated rings. The minimum absolute atomic E-state index is 0. The number of benzene rings is 2. The fourth-order valence-corrected chi connectivity index (χ4v) is 2.69. The molecule has 2 atom stereocenters. The zero-order valence-corrected chi connectivity index (χ0v) is 17.8. The molecule has 2 unspecified atom stereocenters. The Labute approximate surface area is 168 Å². The first kappa shape index (κ1) is 21.4. The molecule has 0 saturated heterocycles. The molecule has 2 aromatic rings. The summed E-state index contributed by atoms with van der Waals surface area (Å²) in [6.45, 7) is 2.93. The third kappa shape index (κ3) is 6.66. The monoisotopic (exact) mass is 452 g/mol. The average Bonchev–Trinajstić information content (AvgIpc) is 2.62. The number of rotatable bonds is 6. The van der Waals surface area contributed by atoms with E-state index in [4.69, 9.17) is 0 Å². The van der Waals surface area contributed by atoms with E-state index in [2.05, 4.69) is 90.1 Å². The predicted molar refractivity (Wildman–Crippen MR) is 118 cm³/mol. The number of halogens is 1. The van der Waals surface area contributed by atoms with Crippen LogP contribution < -0.4 is 10.6 Å². The number of nitrogens with one attached hydrogen (secondary N) is 2. The van der Waals surface area contributed by atoms with Crippen LogP contribution in [0.3, 0.4) is 0 Å². The molecule has 0 amide bonds. The van der Waals surface area contributed by atoms with E-state index in [9.17, 15) is 0 Å². The molecule has 4 nitrogen and oxygen atoms in total. The van der Waals surface area contributed by atoms with Crippen LogP contribution in [0.5, 0.6) is 0 Å². The maximum Gasteiger partial charge on any atom is 0.191 e. The first-order valence-electron chi connectivity index (χ1n) is 8.35. The molecule has 25 heavy (non-hydrogen) atoms. The summed E-state index contributed by atoms with van der Waals surface area (Å²) in [6, 6.07) is 21.4. The summed E-state index contributed by atoms with van der Waals surface area (Å²) in [5.41, 5.74) is 2.54. The van der Waals surface area contributed by atoms with Crippen LogP contribution in [-0.4, -0.2) is 38.5 Å². The van der Waals surface area contributed by atoms with Gasteiger partial charge in [-0.1, -0.05) is 60.7 Å². The summed E-state index contributed by atoms with van der Waals surface area (Å²) >= 11 is 0. The zero-order chi connectivity index (χ0) is 17.4. The summed E-state index contributed by atoms with van der Waals surface area (Å²) in [6.07, 6.45) is 0. The van der Waals surface area contributed by atoms with Crippen LogP contribution in [0.25, 0.3) is 0 Å². The van der Waals surface area contributed by atoms with Gasteiger partial charge in [-0.15, -0.1) is 24.0 Å². The van der Waals surface area contributed by atoms with Crippen LogP contribution in [0.1, 0.15) is 30.1 Å². The molecule has 0 aliphatic carbocycles. The zero-order valence-electron chi connectivity index (χ0n) is 15.4. The summed E-state index contributed by atoms with van der Waals surface area (Å²) in [7, 11) is 6.00. The van der Waals surface area contributed by atoms with Crippen LogP contribution >= 0.6 is 24.0 Å². The molecule has 2 aromatic carbocycles. The Balaban J connectivity index is 0.00000312. The van der Waals surface area contributed by atoms with Gasteiger partial charge in [0.05, 0.1) is 12.1 Å². The Morgan fingerprint density at radius 1 is 0.960 bits per heavy atom. The second kappa shape index (κ2) is 11.1. The van der Waals surface area contributed by atoms with E-state index >= 15 is 0 Å². The van der Waals surface area contributed by atoms with Gasteiger partial charge >= 0.3 is 0 Å². The van der Waals surface area contributed by atoms with Gasteiger partial charge in [0, 0.05) is 13.6 Å². The largest absolute Gasteiger partial charge is 0.354 e. The van der Waals surface area contributed by atoms with Gasteiger partial charge in [0.25, 0.3) is 0 Å². The summed E-state index contributed by atoms with van der Waals surface area (Å²) in [4.78, 5) is 6.57. The molecule has 5 heteroatoms. The highest BCUT2D eigenvalue weighted by Gasteiger charge is 2.15. The van der Waals surface area contributed by atoms with E-state index < -0.39 is 0 Å². The van der Waals surface area contributed by atoms with Crippen LogP contribution in [-0.2, 0) is 0 Å². The molecule has 0 bridgehead atoms. The van der Waals surface area contributed by atoms with Crippen LogP contribution in [0.4, 0.5) is 0 Å². The molecule has 136 valence electrons. The van der Waals surface area contributed by atoms with Crippen molar-refractivity contribution in [1.29, 1.82) is 0 Å². The van der Waals surface area contributed by atoms with Crippen molar-refractivity contribution >= 4 is 29.9 Å². The molecule has 0 aliphatic heterocycles. The van der Waals surface area contributed by atoms with E-state index in [-0.39, 0.29) is 36.1 Å². The van der Waals surface area contributed by atoms with E-state index in [0.717, 1.165) is 12.5 Å². The Morgan fingerprint density at radius 3 is 1.96 bits per heavy atom. The van der Waals surface area contributed by atoms with Crippen molar-refractivity contribution in [3.63, 3.8) is 0 Å². The molecular formula is C20H29IN4. The fourth-order valence-electron chi connectivity index (χ4n) is 2.69. The normalized spacial score (nSPS) is 13.7. The first-order valence-corrected chi connectivity index (χ1v) is 8.35. The van der Waals surface area contributed by atoms with Crippen molar-refractivity contribution in [2.75, 3.05) is 27.7 Å². The lowest BCUT2D eigenvalue weighted by Gasteiger charge is -2.27. The molecule has 0 heterocycles. The molecule has 2 rings (SSSR count). The Morgan fingerprint density at radius 2 is 1.48 bits per heavy atom. The minimum Gasteiger partial charge on any atom is -0.354 e.